The minimum atomic E-state index is -3.48. The average Bonchev–Trinajstić information content (AvgIpc) is 2.53. The Morgan fingerprint density at radius 1 is 1.39 bits per heavy atom. The van der Waals surface area contributed by atoms with Gasteiger partial charge in [-0.15, -0.1) is 0 Å². The quantitative estimate of drug-likeness (QED) is 0.488. The first kappa shape index (κ1) is 16.4. The van der Waals surface area contributed by atoms with Crippen molar-refractivity contribution in [3.63, 3.8) is 0 Å². The molecule has 2 bridgehead atoms. The number of hydroxylamine groups is 1. The van der Waals surface area contributed by atoms with E-state index in [1.165, 1.54) is 12.1 Å². The number of rotatable bonds is 3. The summed E-state index contributed by atoms with van der Waals surface area (Å²) in [6.07, 6.45) is 3.14. The highest BCUT2D eigenvalue weighted by molar-refractivity contribution is 7.90. The Kier molecular flexibility index (Phi) is 4.39. The first-order valence-corrected chi connectivity index (χ1v) is 9.48. The van der Waals surface area contributed by atoms with E-state index >= 15 is 0 Å². The van der Waals surface area contributed by atoms with Crippen LogP contribution in [-0.4, -0.2) is 56.3 Å². The van der Waals surface area contributed by atoms with E-state index in [0.29, 0.717) is 5.92 Å². The first-order chi connectivity index (χ1) is 10.9. The molecule has 2 N–H and O–H groups in total. The van der Waals surface area contributed by atoms with Crippen LogP contribution in [0.1, 0.15) is 18.4 Å². The highest BCUT2D eigenvalue weighted by Gasteiger charge is 2.34. The zero-order valence-corrected chi connectivity index (χ0v) is 13.7. The third-order valence-corrected chi connectivity index (χ3v) is 5.76. The molecule has 0 aliphatic carbocycles. The lowest BCUT2D eigenvalue weighted by Crippen LogP contribution is -2.50. The third-order valence-electron chi connectivity index (χ3n) is 4.65. The summed E-state index contributed by atoms with van der Waals surface area (Å²) in [6, 6.07) is 3.61. The maximum atomic E-state index is 14.3. The maximum Gasteiger partial charge on any atom is 0.175 e. The summed E-state index contributed by atoms with van der Waals surface area (Å²) in [5.41, 5.74) is 2.03. The van der Waals surface area contributed by atoms with E-state index in [9.17, 15) is 18.0 Å². The van der Waals surface area contributed by atoms with Gasteiger partial charge in [0.05, 0.1) is 16.5 Å². The second-order valence-corrected chi connectivity index (χ2v) is 8.22. The van der Waals surface area contributed by atoms with Crippen LogP contribution in [0.5, 0.6) is 0 Å². The van der Waals surface area contributed by atoms with Gasteiger partial charge in [0.15, 0.2) is 15.7 Å². The number of piperidine rings is 3. The van der Waals surface area contributed by atoms with Crippen molar-refractivity contribution in [3.8, 4) is 0 Å². The molecule has 3 aliphatic rings. The normalized spacial score (nSPS) is 28.0. The van der Waals surface area contributed by atoms with Crippen LogP contribution in [0.25, 0.3) is 0 Å². The molecule has 3 fully saturated rings. The second-order valence-electron chi connectivity index (χ2n) is 6.21. The molecule has 4 rings (SSSR count). The van der Waals surface area contributed by atoms with Crippen LogP contribution in [0.15, 0.2) is 28.1 Å². The predicted molar refractivity (Wildman–Crippen MR) is 83.9 cm³/mol. The molecule has 0 amide bonds. The van der Waals surface area contributed by atoms with Crippen molar-refractivity contribution >= 4 is 15.7 Å². The number of nitrogens with one attached hydrogen (secondary N) is 1. The van der Waals surface area contributed by atoms with E-state index in [4.69, 9.17) is 0 Å². The highest BCUT2D eigenvalue weighted by Crippen LogP contribution is 2.30. The largest absolute Gasteiger partial charge is 0.301 e. The van der Waals surface area contributed by atoms with Gasteiger partial charge < -0.3 is 4.90 Å². The molecule has 0 spiro atoms. The summed E-state index contributed by atoms with van der Waals surface area (Å²) >= 11 is 0. The molecule has 23 heavy (non-hydrogen) atoms. The summed E-state index contributed by atoms with van der Waals surface area (Å²) in [4.78, 5) is 6.70. The lowest BCUT2D eigenvalue weighted by atomic mass is 9.84. The first-order valence-electron chi connectivity index (χ1n) is 7.58. The van der Waals surface area contributed by atoms with Crippen molar-refractivity contribution in [1.29, 1.82) is 0 Å². The molecule has 6 nitrogen and oxygen atoms in total. The Bertz CT molecular complexity index is 727. The number of aliphatic imine (C=N–C) groups is 1. The SMILES string of the molecule is CS(=O)(=O)c1ccc(C(=N[C@@H]2CN3CCC2CC3)NO)c(F)c1. The van der Waals surface area contributed by atoms with Crippen molar-refractivity contribution in [1.82, 2.24) is 10.4 Å². The van der Waals surface area contributed by atoms with Gasteiger partial charge in [-0.05, 0) is 50.0 Å². The molecule has 3 heterocycles. The van der Waals surface area contributed by atoms with Gasteiger partial charge in [0.25, 0.3) is 0 Å². The van der Waals surface area contributed by atoms with E-state index in [0.717, 1.165) is 44.8 Å². The highest BCUT2D eigenvalue weighted by atomic mass is 32.2. The number of halogens is 1. The van der Waals surface area contributed by atoms with Gasteiger partial charge in [0.2, 0.25) is 0 Å². The van der Waals surface area contributed by atoms with Gasteiger partial charge in [-0.1, -0.05) is 0 Å². The van der Waals surface area contributed by atoms with Crippen molar-refractivity contribution < 1.29 is 18.0 Å². The summed E-state index contributed by atoms with van der Waals surface area (Å²) in [6.45, 7) is 2.94. The van der Waals surface area contributed by atoms with Crippen LogP contribution in [0.2, 0.25) is 0 Å². The van der Waals surface area contributed by atoms with Gasteiger partial charge in [0.1, 0.15) is 5.82 Å². The Labute approximate surface area is 134 Å². The standard InChI is InChI=1S/C15H20FN3O3S/c1-23(21,22)11-2-3-12(13(16)8-11)15(18-20)17-14-9-19-6-4-10(14)5-7-19/h2-3,8,10,14,20H,4-7,9H2,1H3,(H,17,18)/t14-/m1/s1. The Hall–Kier alpha value is -1.51. The molecular formula is C15H20FN3O3S. The van der Waals surface area contributed by atoms with Crippen molar-refractivity contribution in [3.05, 3.63) is 29.6 Å². The third kappa shape index (κ3) is 3.39. The van der Waals surface area contributed by atoms with Crippen LogP contribution < -0.4 is 5.48 Å². The number of hydrogen-bond acceptors (Lipinski definition) is 5. The van der Waals surface area contributed by atoms with Gasteiger partial charge in [0, 0.05) is 12.8 Å². The molecule has 0 aromatic heterocycles. The fourth-order valence-corrected chi connectivity index (χ4v) is 3.96. The van der Waals surface area contributed by atoms with E-state index in [2.05, 4.69) is 9.89 Å². The summed E-state index contributed by atoms with van der Waals surface area (Å²) in [5, 5.41) is 9.35. The van der Waals surface area contributed by atoms with E-state index < -0.39 is 15.7 Å². The molecule has 0 unspecified atom stereocenters. The topological polar surface area (TPSA) is 82.0 Å². The maximum absolute atomic E-state index is 14.3. The molecule has 8 heteroatoms. The number of benzene rings is 1. The lowest BCUT2D eigenvalue weighted by Gasteiger charge is -2.43. The second kappa shape index (κ2) is 6.18. The molecule has 1 aromatic rings. The summed E-state index contributed by atoms with van der Waals surface area (Å²) < 4.78 is 37.2. The molecule has 3 saturated heterocycles. The molecule has 3 aliphatic heterocycles. The Morgan fingerprint density at radius 2 is 2.09 bits per heavy atom. The van der Waals surface area contributed by atoms with E-state index in [1.54, 1.807) is 0 Å². The summed E-state index contributed by atoms with van der Waals surface area (Å²) in [7, 11) is -3.48. The zero-order chi connectivity index (χ0) is 16.6. The molecule has 0 saturated carbocycles. The smallest absolute Gasteiger partial charge is 0.175 e. The fourth-order valence-electron chi connectivity index (χ4n) is 3.32. The molecule has 0 radical (unpaired) electrons. The van der Waals surface area contributed by atoms with Gasteiger partial charge in [-0.3, -0.25) is 15.7 Å². The van der Waals surface area contributed by atoms with Crippen LogP contribution in [-0.2, 0) is 9.84 Å². The minimum absolute atomic E-state index is 0.0149. The Morgan fingerprint density at radius 3 is 2.57 bits per heavy atom. The van der Waals surface area contributed by atoms with Crippen molar-refractivity contribution in [2.75, 3.05) is 25.9 Å². The molecular weight excluding hydrogens is 321 g/mol. The van der Waals surface area contributed by atoms with E-state index in [-0.39, 0.29) is 22.3 Å². The molecule has 126 valence electrons. The van der Waals surface area contributed by atoms with Crippen LogP contribution in [0, 0.1) is 11.7 Å². The number of sulfone groups is 1. The van der Waals surface area contributed by atoms with Gasteiger partial charge in [-0.2, -0.15) is 0 Å². The predicted octanol–water partition coefficient (Wildman–Crippen LogP) is 1.05. The zero-order valence-electron chi connectivity index (χ0n) is 12.9. The monoisotopic (exact) mass is 341 g/mol. The number of amidine groups is 1. The van der Waals surface area contributed by atoms with E-state index in [1.807, 2.05) is 5.48 Å². The molecule has 1 aromatic carbocycles. The minimum Gasteiger partial charge on any atom is -0.301 e. The summed E-state index contributed by atoms with van der Waals surface area (Å²) in [5.74, 6) is -0.238. The number of nitrogens with zero attached hydrogens (tertiary/aromatic N) is 2. The number of hydrogen-bond donors (Lipinski definition) is 2. The Balaban J connectivity index is 1.90. The van der Waals surface area contributed by atoms with Gasteiger partial charge in [-0.25, -0.2) is 12.8 Å². The van der Waals surface area contributed by atoms with Crippen molar-refractivity contribution in [2.24, 2.45) is 10.9 Å². The lowest BCUT2D eigenvalue weighted by molar-refractivity contribution is 0.0898. The average molecular weight is 341 g/mol. The van der Waals surface area contributed by atoms with Gasteiger partial charge >= 0.3 is 0 Å². The number of fused-ring (bicyclic) bond motifs is 3. The van der Waals surface area contributed by atoms with Crippen molar-refractivity contribution in [2.45, 2.75) is 23.8 Å². The van der Waals surface area contributed by atoms with Crippen LogP contribution in [0.4, 0.5) is 4.39 Å². The van der Waals surface area contributed by atoms with Crippen LogP contribution >= 0.6 is 0 Å². The fraction of sp³-hybridized carbons (Fsp3) is 0.533. The van der Waals surface area contributed by atoms with Crippen LogP contribution in [0.3, 0.4) is 0 Å². The molecule has 1 atom stereocenters.